The largest absolute Gasteiger partial charge is 0.253 e. The third-order valence-corrected chi connectivity index (χ3v) is 3.04. The van der Waals surface area contributed by atoms with E-state index in [9.17, 15) is 8.42 Å². The molecule has 0 aromatic carbocycles. The summed E-state index contributed by atoms with van der Waals surface area (Å²) in [7, 11) is -3.82. The van der Waals surface area contributed by atoms with Crippen molar-refractivity contribution in [2.45, 2.75) is 11.8 Å². The molecule has 0 spiro atoms. The van der Waals surface area contributed by atoms with E-state index in [1.807, 2.05) is 0 Å². The molecule has 7 heteroatoms. The summed E-state index contributed by atoms with van der Waals surface area (Å²) in [5, 5.41) is 5.12. The smallest absolute Gasteiger partial charge is 0.240 e. The molecule has 0 amide bonds. The molecule has 0 aliphatic carbocycles. The number of pyridine rings is 1. The molecule has 17 heavy (non-hydrogen) atoms. The zero-order valence-electron chi connectivity index (χ0n) is 9.03. The molecule has 0 saturated carbocycles. The first kappa shape index (κ1) is 11.6. The molecule has 0 fully saturated rings. The average Bonchev–Trinajstić information content (AvgIpc) is 2.28. The Hall–Kier alpha value is -1.86. The van der Waals surface area contributed by atoms with Crippen molar-refractivity contribution in [2.75, 3.05) is 0 Å². The standard InChI is InChI=1S/C10H10N4O2S/c1-7-12-6-4-8(14-7)10-9(17(11,15)16)3-2-5-13-10/h2-6H,1H3,(H2,11,15,16). The molecule has 2 rings (SSSR count). The lowest BCUT2D eigenvalue weighted by atomic mass is 10.2. The first-order valence-electron chi connectivity index (χ1n) is 4.76. The van der Waals surface area contributed by atoms with E-state index in [1.54, 1.807) is 19.2 Å². The summed E-state index contributed by atoms with van der Waals surface area (Å²) < 4.78 is 22.8. The van der Waals surface area contributed by atoms with Crippen LogP contribution in [-0.2, 0) is 10.0 Å². The number of sulfonamides is 1. The molecule has 2 heterocycles. The Morgan fingerprint density at radius 2 is 1.94 bits per heavy atom. The Labute approximate surface area is 98.6 Å². The van der Waals surface area contributed by atoms with Crippen molar-refractivity contribution in [1.29, 1.82) is 0 Å². The highest BCUT2D eigenvalue weighted by molar-refractivity contribution is 7.89. The van der Waals surface area contributed by atoms with Crippen LogP contribution in [0.3, 0.4) is 0 Å². The van der Waals surface area contributed by atoms with Crippen LogP contribution in [0.25, 0.3) is 11.4 Å². The summed E-state index contributed by atoms with van der Waals surface area (Å²) in [5.74, 6) is 0.536. The predicted molar refractivity (Wildman–Crippen MR) is 61.4 cm³/mol. The second-order valence-electron chi connectivity index (χ2n) is 3.38. The van der Waals surface area contributed by atoms with E-state index >= 15 is 0 Å². The van der Waals surface area contributed by atoms with Gasteiger partial charge >= 0.3 is 0 Å². The Kier molecular flexibility index (Phi) is 2.86. The Morgan fingerprint density at radius 3 is 2.59 bits per heavy atom. The summed E-state index contributed by atoms with van der Waals surface area (Å²) >= 11 is 0. The van der Waals surface area contributed by atoms with Crippen LogP contribution in [0.2, 0.25) is 0 Å². The van der Waals surface area contributed by atoms with E-state index in [1.165, 1.54) is 18.3 Å². The molecule has 2 N–H and O–H groups in total. The minimum Gasteiger partial charge on any atom is -0.253 e. The highest BCUT2D eigenvalue weighted by Crippen LogP contribution is 2.21. The molecule has 2 aromatic rings. The highest BCUT2D eigenvalue weighted by atomic mass is 32.2. The van der Waals surface area contributed by atoms with Crippen molar-refractivity contribution >= 4 is 10.0 Å². The van der Waals surface area contributed by atoms with Gasteiger partial charge in [-0.05, 0) is 25.1 Å². The van der Waals surface area contributed by atoms with Gasteiger partial charge < -0.3 is 0 Å². The normalized spacial score (nSPS) is 11.4. The first-order valence-corrected chi connectivity index (χ1v) is 6.31. The fourth-order valence-corrected chi connectivity index (χ4v) is 2.10. The summed E-state index contributed by atoms with van der Waals surface area (Å²) in [6.45, 7) is 1.71. The van der Waals surface area contributed by atoms with Crippen molar-refractivity contribution < 1.29 is 8.42 Å². The maximum absolute atomic E-state index is 11.4. The third kappa shape index (κ3) is 2.45. The lowest BCUT2D eigenvalue weighted by Gasteiger charge is -2.05. The summed E-state index contributed by atoms with van der Waals surface area (Å²) in [4.78, 5) is 12.0. The zero-order valence-corrected chi connectivity index (χ0v) is 9.85. The number of primary sulfonamides is 1. The lowest BCUT2D eigenvalue weighted by Crippen LogP contribution is -2.14. The van der Waals surface area contributed by atoms with Gasteiger partial charge in [-0.2, -0.15) is 0 Å². The number of nitrogens with zero attached hydrogens (tertiary/aromatic N) is 3. The van der Waals surface area contributed by atoms with Crippen LogP contribution in [0.1, 0.15) is 5.82 Å². The van der Waals surface area contributed by atoms with Crippen LogP contribution in [0.15, 0.2) is 35.5 Å². The quantitative estimate of drug-likeness (QED) is 0.836. The van der Waals surface area contributed by atoms with E-state index in [-0.39, 0.29) is 10.6 Å². The molecule has 0 aliphatic rings. The number of aryl methyl sites for hydroxylation is 1. The monoisotopic (exact) mass is 250 g/mol. The molecule has 88 valence electrons. The number of hydrogen-bond donors (Lipinski definition) is 1. The van der Waals surface area contributed by atoms with Crippen molar-refractivity contribution in [2.24, 2.45) is 5.14 Å². The maximum atomic E-state index is 11.4. The van der Waals surface area contributed by atoms with Gasteiger partial charge in [0.1, 0.15) is 16.4 Å². The highest BCUT2D eigenvalue weighted by Gasteiger charge is 2.16. The number of aromatic nitrogens is 3. The van der Waals surface area contributed by atoms with Crippen LogP contribution in [0.5, 0.6) is 0 Å². The second kappa shape index (κ2) is 4.19. The SMILES string of the molecule is Cc1nccc(-c2ncccc2S(N)(=O)=O)n1. The van der Waals surface area contributed by atoms with Gasteiger partial charge in [-0.25, -0.2) is 23.5 Å². The van der Waals surface area contributed by atoms with Gasteiger partial charge in [-0.15, -0.1) is 0 Å². The van der Waals surface area contributed by atoms with Crippen molar-refractivity contribution in [3.05, 3.63) is 36.4 Å². The molecule has 0 unspecified atom stereocenters. The molecule has 0 bridgehead atoms. The van der Waals surface area contributed by atoms with E-state index in [0.29, 0.717) is 11.5 Å². The molecule has 2 aromatic heterocycles. The molecular formula is C10H10N4O2S. The maximum Gasteiger partial charge on any atom is 0.240 e. The van der Waals surface area contributed by atoms with Gasteiger partial charge in [0.05, 0.1) is 5.69 Å². The van der Waals surface area contributed by atoms with Crippen molar-refractivity contribution in [3.8, 4) is 11.4 Å². The summed E-state index contributed by atoms with van der Waals surface area (Å²) in [6.07, 6.45) is 3.03. The van der Waals surface area contributed by atoms with Crippen LogP contribution in [0, 0.1) is 6.92 Å². The first-order chi connectivity index (χ1) is 7.98. The van der Waals surface area contributed by atoms with Crippen molar-refractivity contribution in [3.63, 3.8) is 0 Å². The number of nitrogens with two attached hydrogens (primary N) is 1. The van der Waals surface area contributed by atoms with Gasteiger partial charge in [0, 0.05) is 12.4 Å². The Balaban J connectivity index is 2.69. The van der Waals surface area contributed by atoms with Gasteiger partial charge in [0.15, 0.2) is 0 Å². The average molecular weight is 250 g/mol. The lowest BCUT2D eigenvalue weighted by molar-refractivity contribution is 0.597. The molecule has 0 saturated heterocycles. The summed E-state index contributed by atoms with van der Waals surface area (Å²) in [6, 6.07) is 4.50. The number of hydrogen-bond acceptors (Lipinski definition) is 5. The fraction of sp³-hybridized carbons (Fsp3) is 0.100. The van der Waals surface area contributed by atoms with Crippen LogP contribution >= 0.6 is 0 Å². The zero-order chi connectivity index (χ0) is 12.5. The number of rotatable bonds is 2. The molecule has 0 aliphatic heterocycles. The topological polar surface area (TPSA) is 98.8 Å². The van der Waals surface area contributed by atoms with E-state index < -0.39 is 10.0 Å². The van der Waals surface area contributed by atoms with Gasteiger partial charge in [0.25, 0.3) is 0 Å². The van der Waals surface area contributed by atoms with E-state index in [2.05, 4.69) is 15.0 Å². The van der Waals surface area contributed by atoms with Crippen LogP contribution in [0.4, 0.5) is 0 Å². The molecule has 0 radical (unpaired) electrons. The van der Waals surface area contributed by atoms with Crippen molar-refractivity contribution in [1.82, 2.24) is 15.0 Å². The van der Waals surface area contributed by atoms with E-state index in [4.69, 9.17) is 5.14 Å². The van der Waals surface area contributed by atoms with Crippen LogP contribution in [-0.4, -0.2) is 23.4 Å². The molecule has 0 atom stereocenters. The summed E-state index contributed by atoms with van der Waals surface area (Å²) in [5.41, 5.74) is 0.669. The fourth-order valence-electron chi connectivity index (χ4n) is 1.40. The predicted octanol–water partition coefficient (Wildman–Crippen LogP) is 0.494. The van der Waals surface area contributed by atoms with Gasteiger partial charge in [-0.3, -0.25) is 4.98 Å². The second-order valence-corrected chi connectivity index (χ2v) is 4.91. The Morgan fingerprint density at radius 1 is 1.18 bits per heavy atom. The third-order valence-electron chi connectivity index (χ3n) is 2.10. The minimum absolute atomic E-state index is 0.0434. The molecule has 6 nitrogen and oxygen atoms in total. The van der Waals surface area contributed by atoms with Crippen LogP contribution < -0.4 is 5.14 Å². The molecular weight excluding hydrogens is 240 g/mol. The Bertz CT molecular complexity index is 655. The van der Waals surface area contributed by atoms with E-state index in [0.717, 1.165) is 0 Å². The van der Waals surface area contributed by atoms with Gasteiger partial charge in [-0.1, -0.05) is 0 Å². The minimum atomic E-state index is -3.82. The van der Waals surface area contributed by atoms with Gasteiger partial charge in [0.2, 0.25) is 10.0 Å².